The van der Waals surface area contributed by atoms with Crippen molar-refractivity contribution in [1.29, 1.82) is 0 Å². The lowest BCUT2D eigenvalue weighted by atomic mass is 10.2. The van der Waals surface area contributed by atoms with Gasteiger partial charge in [0.25, 0.3) is 0 Å². The summed E-state index contributed by atoms with van der Waals surface area (Å²) in [6.45, 7) is 0. The Hall–Kier alpha value is -1.68. The standard InChI is InChI=1S/C13H13NO2S/c1-14(2)13(16)8-10(15)12-7-9-5-3-4-6-11(9)17-12/h3-7H,8H2,1-2H3. The Morgan fingerprint density at radius 3 is 2.59 bits per heavy atom. The lowest BCUT2D eigenvalue weighted by Gasteiger charge is -2.08. The second kappa shape index (κ2) is 4.67. The van der Waals surface area contributed by atoms with E-state index in [1.165, 1.54) is 16.2 Å². The highest BCUT2D eigenvalue weighted by atomic mass is 32.1. The second-order valence-electron chi connectivity index (χ2n) is 4.04. The Kier molecular flexibility index (Phi) is 3.24. The molecule has 1 amide bonds. The number of ketones is 1. The van der Waals surface area contributed by atoms with E-state index in [-0.39, 0.29) is 18.1 Å². The van der Waals surface area contributed by atoms with Gasteiger partial charge < -0.3 is 4.90 Å². The van der Waals surface area contributed by atoms with Crippen molar-refractivity contribution in [2.24, 2.45) is 0 Å². The minimum atomic E-state index is -0.160. The normalized spacial score (nSPS) is 10.5. The molecule has 0 spiro atoms. The summed E-state index contributed by atoms with van der Waals surface area (Å²) in [5, 5.41) is 1.05. The average Bonchev–Trinajstić information content (AvgIpc) is 2.72. The van der Waals surface area contributed by atoms with Crippen molar-refractivity contribution in [2.75, 3.05) is 14.1 Å². The molecule has 17 heavy (non-hydrogen) atoms. The van der Waals surface area contributed by atoms with Gasteiger partial charge in [0.1, 0.15) is 0 Å². The Morgan fingerprint density at radius 2 is 1.94 bits per heavy atom. The van der Waals surface area contributed by atoms with Crippen LogP contribution in [0.15, 0.2) is 30.3 Å². The van der Waals surface area contributed by atoms with Gasteiger partial charge >= 0.3 is 0 Å². The highest BCUT2D eigenvalue weighted by Crippen LogP contribution is 2.26. The largest absolute Gasteiger partial charge is 0.348 e. The fourth-order valence-corrected chi connectivity index (χ4v) is 2.50. The molecule has 2 aromatic rings. The molecule has 4 heteroatoms. The van der Waals surface area contributed by atoms with Crippen LogP contribution in [0, 0.1) is 0 Å². The molecule has 0 fully saturated rings. The van der Waals surface area contributed by atoms with Crippen LogP contribution in [0.5, 0.6) is 0 Å². The molecule has 1 heterocycles. The molecule has 0 bridgehead atoms. The van der Waals surface area contributed by atoms with E-state index in [4.69, 9.17) is 0 Å². The minimum Gasteiger partial charge on any atom is -0.348 e. The van der Waals surface area contributed by atoms with Crippen LogP contribution in [-0.2, 0) is 4.79 Å². The van der Waals surface area contributed by atoms with Crippen molar-refractivity contribution in [2.45, 2.75) is 6.42 Å². The van der Waals surface area contributed by atoms with Crippen LogP contribution in [0.2, 0.25) is 0 Å². The van der Waals surface area contributed by atoms with Gasteiger partial charge in [-0.3, -0.25) is 9.59 Å². The predicted molar refractivity (Wildman–Crippen MR) is 69.5 cm³/mol. The molecule has 0 aliphatic heterocycles. The fraction of sp³-hybridized carbons (Fsp3) is 0.231. The summed E-state index contributed by atoms with van der Waals surface area (Å²) in [5.74, 6) is -0.266. The first-order valence-corrected chi connectivity index (χ1v) is 6.11. The van der Waals surface area contributed by atoms with Gasteiger partial charge in [0.15, 0.2) is 5.78 Å². The molecule has 3 nitrogen and oxygen atoms in total. The van der Waals surface area contributed by atoms with E-state index in [9.17, 15) is 9.59 Å². The first-order chi connectivity index (χ1) is 8.08. The number of carbonyl (C=O) groups excluding carboxylic acids is 2. The summed E-state index contributed by atoms with van der Waals surface area (Å²) in [6.07, 6.45) is -0.0557. The number of nitrogens with zero attached hydrogens (tertiary/aromatic N) is 1. The number of rotatable bonds is 3. The molecule has 0 N–H and O–H groups in total. The van der Waals surface area contributed by atoms with Crippen LogP contribution in [0.1, 0.15) is 16.1 Å². The highest BCUT2D eigenvalue weighted by molar-refractivity contribution is 7.20. The first-order valence-electron chi connectivity index (χ1n) is 5.30. The van der Waals surface area contributed by atoms with Crippen molar-refractivity contribution in [3.8, 4) is 0 Å². The quantitative estimate of drug-likeness (QED) is 0.617. The maximum absolute atomic E-state index is 11.9. The molecule has 0 atom stereocenters. The number of carbonyl (C=O) groups is 2. The van der Waals surface area contributed by atoms with Gasteiger partial charge in [-0.2, -0.15) is 0 Å². The molecule has 88 valence electrons. The van der Waals surface area contributed by atoms with E-state index in [0.717, 1.165) is 10.1 Å². The van der Waals surface area contributed by atoms with Crippen LogP contribution in [-0.4, -0.2) is 30.7 Å². The fourth-order valence-electron chi connectivity index (χ4n) is 1.50. The maximum atomic E-state index is 11.9. The van der Waals surface area contributed by atoms with E-state index >= 15 is 0 Å². The molecule has 2 rings (SSSR count). The third-order valence-corrected chi connectivity index (χ3v) is 3.67. The van der Waals surface area contributed by atoms with Gasteiger partial charge in [0.2, 0.25) is 5.91 Å². The summed E-state index contributed by atoms with van der Waals surface area (Å²) in [5.41, 5.74) is 0. The Bertz CT molecular complexity index is 539. The zero-order valence-electron chi connectivity index (χ0n) is 9.77. The smallest absolute Gasteiger partial charge is 0.229 e. The van der Waals surface area contributed by atoms with Crippen molar-refractivity contribution >= 4 is 33.1 Å². The van der Waals surface area contributed by atoms with Crippen LogP contribution in [0.4, 0.5) is 0 Å². The number of amides is 1. The third-order valence-electron chi connectivity index (χ3n) is 2.51. The van der Waals surface area contributed by atoms with Crippen LogP contribution in [0.25, 0.3) is 10.1 Å². The van der Waals surface area contributed by atoms with Gasteiger partial charge in [0.05, 0.1) is 11.3 Å². The van der Waals surface area contributed by atoms with Crippen LogP contribution in [0.3, 0.4) is 0 Å². The number of fused-ring (bicyclic) bond motifs is 1. The van der Waals surface area contributed by atoms with E-state index < -0.39 is 0 Å². The Labute approximate surface area is 104 Å². The number of hydrogen-bond acceptors (Lipinski definition) is 3. The number of hydrogen-bond donors (Lipinski definition) is 0. The number of Topliss-reactive ketones (excluding diaryl/α,β-unsaturated/α-hetero) is 1. The molecule has 0 aliphatic carbocycles. The summed E-state index contributed by atoms with van der Waals surface area (Å²) < 4.78 is 1.08. The Morgan fingerprint density at radius 1 is 1.24 bits per heavy atom. The SMILES string of the molecule is CN(C)C(=O)CC(=O)c1cc2ccccc2s1. The number of thiophene rings is 1. The van der Waals surface area contributed by atoms with E-state index in [0.29, 0.717) is 4.88 Å². The molecular formula is C13H13NO2S. The van der Waals surface area contributed by atoms with E-state index in [1.807, 2.05) is 30.3 Å². The molecule has 0 aliphatic rings. The highest BCUT2D eigenvalue weighted by Gasteiger charge is 2.15. The van der Waals surface area contributed by atoms with Gasteiger partial charge in [-0.25, -0.2) is 0 Å². The summed E-state index contributed by atoms with van der Waals surface area (Å²) in [7, 11) is 3.31. The summed E-state index contributed by atoms with van der Waals surface area (Å²) in [6, 6.07) is 9.68. The monoisotopic (exact) mass is 247 g/mol. The van der Waals surface area contributed by atoms with E-state index in [1.54, 1.807) is 14.1 Å². The number of benzene rings is 1. The molecule has 1 aromatic carbocycles. The molecule has 0 unspecified atom stereocenters. The van der Waals surface area contributed by atoms with Crippen LogP contribution < -0.4 is 0 Å². The Balaban J connectivity index is 2.22. The summed E-state index contributed by atoms with van der Waals surface area (Å²) >= 11 is 1.44. The maximum Gasteiger partial charge on any atom is 0.229 e. The zero-order chi connectivity index (χ0) is 12.4. The molecular weight excluding hydrogens is 234 g/mol. The lowest BCUT2D eigenvalue weighted by molar-refractivity contribution is -0.127. The minimum absolute atomic E-state index is 0.0557. The van der Waals surface area contributed by atoms with Gasteiger partial charge in [-0.05, 0) is 17.5 Å². The van der Waals surface area contributed by atoms with Crippen molar-refractivity contribution in [3.63, 3.8) is 0 Å². The van der Waals surface area contributed by atoms with Gasteiger partial charge in [0, 0.05) is 18.8 Å². The molecule has 0 radical (unpaired) electrons. The van der Waals surface area contributed by atoms with Crippen molar-refractivity contribution in [1.82, 2.24) is 4.90 Å². The lowest BCUT2D eigenvalue weighted by Crippen LogP contribution is -2.24. The van der Waals surface area contributed by atoms with Gasteiger partial charge in [-0.15, -0.1) is 11.3 Å². The molecule has 1 aromatic heterocycles. The topological polar surface area (TPSA) is 37.4 Å². The van der Waals surface area contributed by atoms with Crippen molar-refractivity contribution < 1.29 is 9.59 Å². The van der Waals surface area contributed by atoms with E-state index in [2.05, 4.69) is 0 Å². The first kappa shape index (κ1) is 11.8. The van der Waals surface area contributed by atoms with Gasteiger partial charge in [-0.1, -0.05) is 18.2 Å². The van der Waals surface area contributed by atoms with Crippen LogP contribution >= 0.6 is 11.3 Å². The zero-order valence-corrected chi connectivity index (χ0v) is 10.6. The molecule has 0 saturated carbocycles. The molecule has 0 saturated heterocycles. The summed E-state index contributed by atoms with van der Waals surface area (Å²) in [4.78, 5) is 25.4. The average molecular weight is 247 g/mol. The second-order valence-corrected chi connectivity index (χ2v) is 5.12. The third kappa shape index (κ3) is 2.53. The van der Waals surface area contributed by atoms with Crippen molar-refractivity contribution in [3.05, 3.63) is 35.2 Å². The predicted octanol–water partition coefficient (Wildman–Crippen LogP) is 2.56.